The first-order valence-corrected chi connectivity index (χ1v) is 6.87. The van der Waals surface area contributed by atoms with Crippen LogP contribution in [-0.2, 0) is 11.3 Å². The lowest BCUT2D eigenvalue weighted by molar-refractivity contribution is -0.115. The zero-order chi connectivity index (χ0) is 15.7. The number of nitrogens with one attached hydrogen (secondary N) is 1. The summed E-state index contributed by atoms with van der Waals surface area (Å²) in [5.74, 6) is 0.383. The largest absolute Gasteiger partial charge is 0.360 e. The highest BCUT2D eigenvalue weighted by Gasteiger charge is 2.21. The summed E-state index contributed by atoms with van der Waals surface area (Å²) in [5.41, 5.74) is 1.19. The van der Waals surface area contributed by atoms with Gasteiger partial charge in [0.1, 0.15) is 5.82 Å². The molecule has 0 unspecified atom stereocenters. The van der Waals surface area contributed by atoms with Gasteiger partial charge >= 0.3 is 0 Å². The summed E-state index contributed by atoms with van der Waals surface area (Å²) in [7, 11) is 3.64. The lowest BCUT2D eigenvalue weighted by Gasteiger charge is -2.22. The molecule has 1 aromatic heterocycles. The van der Waals surface area contributed by atoms with E-state index in [1.807, 2.05) is 19.0 Å². The van der Waals surface area contributed by atoms with E-state index in [0.717, 1.165) is 5.69 Å². The maximum absolute atomic E-state index is 13.4. The van der Waals surface area contributed by atoms with Gasteiger partial charge in [-0.1, -0.05) is 0 Å². The molecule has 7 nitrogen and oxygen atoms in total. The summed E-state index contributed by atoms with van der Waals surface area (Å²) in [5, 5.41) is 6.57. The number of aromatic nitrogens is 2. The van der Waals surface area contributed by atoms with E-state index in [1.165, 1.54) is 12.1 Å². The van der Waals surface area contributed by atoms with Gasteiger partial charge in [0.2, 0.25) is 11.8 Å². The maximum Gasteiger partial charge on any atom is 0.265 e. The van der Waals surface area contributed by atoms with Gasteiger partial charge in [0.25, 0.3) is 5.95 Å². The maximum atomic E-state index is 13.4. The highest BCUT2D eigenvalue weighted by molar-refractivity contribution is 5.96. The van der Waals surface area contributed by atoms with Crippen molar-refractivity contribution in [2.24, 2.45) is 0 Å². The molecule has 2 heterocycles. The third-order valence-electron chi connectivity index (χ3n) is 3.37. The topological polar surface area (TPSA) is 74.5 Å². The van der Waals surface area contributed by atoms with Crippen LogP contribution in [0, 0.1) is 5.82 Å². The molecule has 1 aliphatic rings. The molecule has 8 heteroatoms. The quantitative estimate of drug-likeness (QED) is 0.929. The van der Waals surface area contributed by atoms with Crippen LogP contribution in [-0.4, -0.2) is 36.7 Å². The number of halogens is 1. The number of hydrogen-bond acceptors (Lipinski definition) is 6. The van der Waals surface area contributed by atoms with Gasteiger partial charge in [0, 0.05) is 27.1 Å². The van der Waals surface area contributed by atoms with Crippen molar-refractivity contribution in [1.29, 1.82) is 0 Å². The standard InChI is InChI=1S/C14H16FN5O2/c1-19(2)14-17-13(22-18-14)8-20-6-5-12(21)16-10-7-9(15)3-4-11(10)20/h3-4,7H,5-6,8H2,1-2H3,(H,16,21). The first-order valence-electron chi connectivity index (χ1n) is 6.87. The van der Waals surface area contributed by atoms with E-state index < -0.39 is 5.82 Å². The Hall–Kier alpha value is -2.64. The summed E-state index contributed by atoms with van der Waals surface area (Å²) in [6.07, 6.45) is 0.310. The van der Waals surface area contributed by atoms with Crippen molar-refractivity contribution < 1.29 is 13.7 Å². The summed E-state index contributed by atoms with van der Waals surface area (Å²) in [6, 6.07) is 4.31. The van der Waals surface area contributed by atoms with Gasteiger partial charge in [-0.2, -0.15) is 4.98 Å². The number of hydrogen-bond donors (Lipinski definition) is 1. The molecule has 22 heavy (non-hydrogen) atoms. The molecule has 1 aromatic carbocycles. The van der Waals surface area contributed by atoms with Crippen LogP contribution in [0.25, 0.3) is 0 Å². The van der Waals surface area contributed by atoms with Crippen molar-refractivity contribution in [3.05, 3.63) is 29.9 Å². The molecule has 0 bridgehead atoms. The number of rotatable bonds is 3. The molecule has 1 N–H and O–H groups in total. The van der Waals surface area contributed by atoms with E-state index in [9.17, 15) is 9.18 Å². The molecular formula is C14H16FN5O2. The zero-order valence-electron chi connectivity index (χ0n) is 12.3. The average Bonchev–Trinajstić information content (AvgIpc) is 2.87. The fourth-order valence-electron chi connectivity index (χ4n) is 2.27. The number of nitrogens with zero attached hydrogens (tertiary/aromatic N) is 4. The SMILES string of the molecule is CN(C)c1noc(CN2CCC(=O)Nc3cc(F)ccc32)n1. The van der Waals surface area contributed by atoms with Gasteiger partial charge in [-0.15, -0.1) is 0 Å². The van der Waals surface area contributed by atoms with Crippen LogP contribution in [0.3, 0.4) is 0 Å². The van der Waals surface area contributed by atoms with Crippen LogP contribution in [0.4, 0.5) is 21.7 Å². The summed E-state index contributed by atoms with van der Waals surface area (Å²) in [4.78, 5) is 19.7. The van der Waals surface area contributed by atoms with Crippen molar-refractivity contribution in [2.45, 2.75) is 13.0 Å². The fourth-order valence-corrected chi connectivity index (χ4v) is 2.27. The van der Waals surface area contributed by atoms with E-state index in [-0.39, 0.29) is 5.91 Å². The molecule has 0 radical (unpaired) electrons. The Morgan fingerprint density at radius 1 is 1.45 bits per heavy atom. The highest BCUT2D eigenvalue weighted by Crippen LogP contribution is 2.30. The molecule has 1 amide bonds. The van der Waals surface area contributed by atoms with Gasteiger partial charge in [0.05, 0.1) is 17.9 Å². The van der Waals surface area contributed by atoms with Crippen LogP contribution in [0.15, 0.2) is 22.7 Å². The Kier molecular flexibility index (Phi) is 3.66. The lowest BCUT2D eigenvalue weighted by atomic mass is 10.2. The van der Waals surface area contributed by atoms with E-state index in [1.54, 1.807) is 11.0 Å². The van der Waals surface area contributed by atoms with Crippen LogP contribution < -0.4 is 15.1 Å². The predicted molar refractivity (Wildman–Crippen MR) is 79.3 cm³/mol. The molecule has 0 saturated carbocycles. The Balaban J connectivity index is 1.88. The molecule has 2 aromatic rings. The van der Waals surface area contributed by atoms with Crippen molar-refractivity contribution in [2.75, 3.05) is 35.8 Å². The minimum atomic E-state index is -0.395. The predicted octanol–water partition coefficient (Wildman–Crippen LogP) is 1.62. The molecule has 0 saturated heterocycles. The third-order valence-corrected chi connectivity index (χ3v) is 3.37. The number of fused-ring (bicyclic) bond motifs is 1. The van der Waals surface area contributed by atoms with E-state index in [0.29, 0.717) is 37.0 Å². The van der Waals surface area contributed by atoms with E-state index >= 15 is 0 Å². The van der Waals surface area contributed by atoms with Gasteiger partial charge < -0.3 is 19.6 Å². The molecule has 0 aliphatic carbocycles. The van der Waals surface area contributed by atoms with Gasteiger partial charge in [-0.25, -0.2) is 4.39 Å². The number of carbonyl (C=O) groups excluding carboxylic acids is 1. The normalized spacial score (nSPS) is 14.3. The van der Waals surface area contributed by atoms with Crippen LogP contribution in [0.5, 0.6) is 0 Å². The number of carbonyl (C=O) groups is 1. The minimum absolute atomic E-state index is 0.145. The highest BCUT2D eigenvalue weighted by atomic mass is 19.1. The zero-order valence-corrected chi connectivity index (χ0v) is 12.3. The van der Waals surface area contributed by atoms with Crippen molar-refractivity contribution in [1.82, 2.24) is 10.1 Å². The Labute approximate surface area is 126 Å². The van der Waals surface area contributed by atoms with Gasteiger partial charge in [-0.3, -0.25) is 4.79 Å². The number of benzene rings is 1. The van der Waals surface area contributed by atoms with Crippen LogP contribution in [0.1, 0.15) is 12.3 Å². The second-order valence-corrected chi connectivity index (χ2v) is 5.26. The molecule has 0 fully saturated rings. The molecule has 3 rings (SSSR count). The van der Waals surface area contributed by atoms with Gasteiger partial charge in [-0.05, 0) is 23.4 Å². The minimum Gasteiger partial charge on any atom is -0.360 e. The smallest absolute Gasteiger partial charge is 0.265 e. The Bertz CT molecular complexity index is 700. The second kappa shape index (κ2) is 5.63. The van der Waals surface area contributed by atoms with Crippen molar-refractivity contribution in [3.63, 3.8) is 0 Å². The molecule has 116 valence electrons. The summed E-state index contributed by atoms with van der Waals surface area (Å²) < 4.78 is 18.6. The van der Waals surface area contributed by atoms with Crippen molar-refractivity contribution in [3.8, 4) is 0 Å². The molecule has 1 aliphatic heterocycles. The molecular weight excluding hydrogens is 289 g/mol. The van der Waals surface area contributed by atoms with E-state index in [2.05, 4.69) is 15.5 Å². The van der Waals surface area contributed by atoms with E-state index in [4.69, 9.17) is 4.52 Å². The third kappa shape index (κ3) is 2.85. The molecule has 0 spiro atoms. The van der Waals surface area contributed by atoms with Crippen LogP contribution >= 0.6 is 0 Å². The summed E-state index contributed by atoms with van der Waals surface area (Å²) in [6.45, 7) is 0.846. The fraction of sp³-hybridized carbons (Fsp3) is 0.357. The lowest BCUT2D eigenvalue weighted by Crippen LogP contribution is -2.24. The second-order valence-electron chi connectivity index (χ2n) is 5.26. The number of amides is 1. The first-order chi connectivity index (χ1) is 10.5. The summed E-state index contributed by atoms with van der Waals surface area (Å²) >= 11 is 0. The average molecular weight is 305 g/mol. The monoisotopic (exact) mass is 305 g/mol. The van der Waals surface area contributed by atoms with Gasteiger partial charge in [0.15, 0.2) is 0 Å². The molecule has 0 atom stereocenters. The van der Waals surface area contributed by atoms with Crippen molar-refractivity contribution >= 4 is 23.2 Å². The Morgan fingerprint density at radius 2 is 2.27 bits per heavy atom. The number of anilines is 3. The first kappa shape index (κ1) is 14.3. The Morgan fingerprint density at radius 3 is 3.00 bits per heavy atom. The van der Waals surface area contributed by atoms with Crippen LogP contribution in [0.2, 0.25) is 0 Å².